The number of hydrogen-bond acceptors (Lipinski definition) is 6. The molecule has 104 valence electrons. The van der Waals surface area contributed by atoms with Crippen molar-refractivity contribution in [1.82, 2.24) is 19.8 Å². The molecule has 19 heavy (non-hydrogen) atoms. The molecule has 0 unspecified atom stereocenters. The highest BCUT2D eigenvalue weighted by atomic mass is 16.2. The largest absolute Gasteiger partial charge is 0.337 e. The van der Waals surface area contributed by atoms with Gasteiger partial charge in [-0.1, -0.05) is 0 Å². The van der Waals surface area contributed by atoms with Crippen LogP contribution in [-0.4, -0.2) is 58.9 Å². The van der Waals surface area contributed by atoms with Gasteiger partial charge in [0.25, 0.3) is 5.91 Å². The topological polar surface area (TPSA) is 87.4 Å². The number of hydrazine groups is 1. The summed E-state index contributed by atoms with van der Waals surface area (Å²) in [5.74, 6) is 5.55. The molecule has 2 rings (SSSR count). The van der Waals surface area contributed by atoms with Crippen molar-refractivity contribution in [2.24, 2.45) is 5.84 Å². The van der Waals surface area contributed by atoms with Crippen LogP contribution in [0, 0.1) is 0 Å². The second kappa shape index (κ2) is 5.94. The number of carbonyl (C=O) groups is 1. The van der Waals surface area contributed by atoms with Crippen LogP contribution >= 0.6 is 0 Å². The number of rotatable bonds is 3. The quantitative estimate of drug-likeness (QED) is 0.587. The molecule has 1 aromatic heterocycles. The monoisotopic (exact) mass is 264 g/mol. The molecule has 0 aromatic carbocycles. The van der Waals surface area contributed by atoms with Crippen LogP contribution in [-0.2, 0) is 0 Å². The minimum atomic E-state index is -0.112. The molecule has 1 fully saturated rings. The minimum absolute atomic E-state index is 0.112. The van der Waals surface area contributed by atoms with Gasteiger partial charge in [-0.25, -0.2) is 10.8 Å². The predicted octanol–water partition coefficient (Wildman–Crippen LogP) is -0.0716. The third kappa shape index (κ3) is 3.18. The molecule has 1 amide bonds. The van der Waals surface area contributed by atoms with Crippen molar-refractivity contribution in [2.75, 3.05) is 32.6 Å². The van der Waals surface area contributed by atoms with E-state index in [2.05, 4.69) is 27.3 Å². The normalized spacial score (nSPS) is 17.2. The SMILES string of the molecule is CN1CCC(N(C)C(=O)c2cncc(NN)n2)CC1. The van der Waals surface area contributed by atoms with Crippen LogP contribution in [0.5, 0.6) is 0 Å². The average molecular weight is 264 g/mol. The molecule has 1 aliphatic heterocycles. The molecule has 0 saturated carbocycles. The number of likely N-dealkylation sites (tertiary alicyclic amines) is 1. The van der Waals surface area contributed by atoms with E-state index in [0.717, 1.165) is 25.9 Å². The molecule has 7 nitrogen and oxygen atoms in total. The summed E-state index contributed by atoms with van der Waals surface area (Å²) in [5.41, 5.74) is 2.71. The van der Waals surface area contributed by atoms with Gasteiger partial charge in [-0.05, 0) is 33.0 Å². The third-order valence-corrected chi connectivity index (χ3v) is 3.56. The van der Waals surface area contributed by atoms with Gasteiger partial charge in [0.2, 0.25) is 0 Å². The van der Waals surface area contributed by atoms with E-state index in [1.165, 1.54) is 12.4 Å². The van der Waals surface area contributed by atoms with Crippen molar-refractivity contribution < 1.29 is 4.79 Å². The molecule has 0 atom stereocenters. The van der Waals surface area contributed by atoms with Gasteiger partial charge in [0, 0.05) is 13.1 Å². The maximum absolute atomic E-state index is 12.3. The number of nitrogens with one attached hydrogen (secondary N) is 1. The molecule has 0 spiro atoms. The summed E-state index contributed by atoms with van der Waals surface area (Å²) >= 11 is 0. The van der Waals surface area contributed by atoms with Gasteiger partial charge in [0.1, 0.15) is 5.69 Å². The standard InChI is InChI=1S/C12H20N6O/c1-17-5-3-9(4-6-17)18(2)12(19)10-7-14-8-11(15-10)16-13/h7-9H,3-6,13H2,1-2H3,(H,15,16). The van der Waals surface area contributed by atoms with Gasteiger partial charge in [-0.15, -0.1) is 0 Å². The van der Waals surface area contributed by atoms with Gasteiger partial charge >= 0.3 is 0 Å². The number of aromatic nitrogens is 2. The van der Waals surface area contributed by atoms with Gasteiger partial charge in [-0.2, -0.15) is 0 Å². The van der Waals surface area contributed by atoms with Crippen LogP contribution in [0.4, 0.5) is 5.82 Å². The Hall–Kier alpha value is -1.73. The zero-order valence-electron chi connectivity index (χ0n) is 11.3. The molecular formula is C12H20N6O. The Morgan fingerprint density at radius 1 is 1.47 bits per heavy atom. The molecule has 1 aliphatic rings. The highest BCUT2D eigenvalue weighted by Crippen LogP contribution is 2.16. The van der Waals surface area contributed by atoms with E-state index >= 15 is 0 Å². The van der Waals surface area contributed by atoms with Gasteiger partial charge in [0.05, 0.1) is 12.4 Å². The minimum Gasteiger partial charge on any atom is -0.337 e. The molecule has 0 aliphatic carbocycles. The molecule has 1 saturated heterocycles. The smallest absolute Gasteiger partial charge is 0.274 e. The first-order valence-electron chi connectivity index (χ1n) is 6.36. The summed E-state index contributed by atoms with van der Waals surface area (Å²) in [6.07, 6.45) is 4.92. The molecular weight excluding hydrogens is 244 g/mol. The van der Waals surface area contributed by atoms with E-state index in [9.17, 15) is 4.79 Å². The molecule has 0 bridgehead atoms. The van der Waals surface area contributed by atoms with Crippen LogP contribution in [0.25, 0.3) is 0 Å². The first-order chi connectivity index (χ1) is 9.11. The van der Waals surface area contributed by atoms with E-state index in [-0.39, 0.29) is 11.9 Å². The molecule has 0 radical (unpaired) electrons. The Morgan fingerprint density at radius 3 is 2.79 bits per heavy atom. The van der Waals surface area contributed by atoms with E-state index < -0.39 is 0 Å². The fourth-order valence-corrected chi connectivity index (χ4v) is 2.27. The molecule has 7 heteroatoms. The number of anilines is 1. The molecule has 1 aromatic rings. The molecule has 2 heterocycles. The van der Waals surface area contributed by atoms with Crippen LogP contribution in [0.3, 0.4) is 0 Å². The summed E-state index contributed by atoms with van der Waals surface area (Å²) in [7, 11) is 3.92. The average Bonchev–Trinajstić information content (AvgIpc) is 2.46. The lowest BCUT2D eigenvalue weighted by Crippen LogP contribution is -2.44. The van der Waals surface area contributed by atoms with Crippen molar-refractivity contribution >= 4 is 11.7 Å². The Bertz CT molecular complexity index is 444. The van der Waals surface area contributed by atoms with Gasteiger partial charge in [-0.3, -0.25) is 9.78 Å². The van der Waals surface area contributed by atoms with Gasteiger partial charge in [0.15, 0.2) is 5.82 Å². The summed E-state index contributed by atoms with van der Waals surface area (Å²) < 4.78 is 0. The Balaban J connectivity index is 2.05. The van der Waals surface area contributed by atoms with Crippen LogP contribution in [0.15, 0.2) is 12.4 Å². The maximum Gasteiger partial charge on any atom is 0.274 e. The highest BCUT2D eigenvalue weighted by molar-refractivity contribution is 5.92. The van der Waals surface area contributed by atoms with E-state index in [0.29, 0.717) is 11.5 Å². The van der Waals surface area contributed by atoms with Crippen molar-refractivity contribution in [3.63, 3.8) is 0 Å². The number of amides is 1. The van der Waals surface area contributed by atoms with Gasteiger partial charge < -0.3 is 15.2 Å². The third-order valence-electron chi connectivity index (χ3n) is 3.56. The van der Waals surface area contributed by atoms with Crippen LogP contribution in [0.2, 0.25) is 0 Å². The van der Waals surface area contributed by atoms with Crippen molar-refractivity contribution in [3.8, 4) is 0 Å². The lowest BCUT2D eigenvalue weighted by molar-refractivity contribution is 0.0653. The first kappa shape index (κ1) is 13.7. The maximum atomic E-state index is 12.3. The number of hydrogen-bond donors (Lipinski definition) is 2. The number of piperidine rings is 1. The number of nitrogen functional groups attached to an aromatic ring is 1. The fraction of sp³-hybridized carbons (Fsp3) is 0.583. The Kier molecular flexibility index (Phi) is 4.28. The second-order valence-corrected chi connectivity index (χ2v) is 4.88. The van der Waals surface area contributed by atoms with E-state index in [1.807, 2.05) is 7.05 Å². The Labute approximate surface area is 112 Å². The van der Waals surface area contributed by atoms with Crippen LogP contribution < -0.4 is 11.3 Å². The molecule has 3 N–H and O–H groups in total. The summed E-state index contributed by atoms with van der Waals surface area (Å²) in [4.78, 5) is 24.4. The Morgan fingerprint density at radius 2 is 2.16 bits per heavy atom. The zero-order valence-corrected chi connectivity index (χ0v) is 11.3. The zero-order chi connectivity index (χ0) is 13.8. The van der Waals surface area contributed by atoms with E-state index in [1.54, 1.807) is 4.90 Å². The lowest BCUT2D eigenvalue weighted by Gasteiger charge is -2.34. The van der Waals surface area contributed by atoms with Crippen molar-refractivity contribution in [2.45, 2.75) is 18.9 Å². The fourth-order valence-electron chi connectivity index (χ4n) is 2.27. The number of carbonyl (C=O) groups excluding carboxylic acids is 1. The van der Waals surface area contributed by atoms with Crippen LogP contribution in [0.1, 0.15) is 23.3 Å². The first-order valence-corrected chi connectivity index (χ1v) is 6.36. The van der Waals surface area contributed by atoms with E-state index in [4.69, 9.17) is 5.84 Å². The van der Waals surface area contributed by atoms with Crippen molar-refractivity contribution in [1.29, 1.82) is 0 Å². The summed E-state index contributed by atoms with van der Waals surface area (Å²) in [6.45, 7) is 2.02. The lowest BCUT2D eigenvalue weighted by atomic mass is 10.0. The number of nitrogens with zero attached hydrogens (tertiary/aromatic N) is 4. The van der Waals surface area contributed by atoms with Crippen molar-refractivity contribution in [3.05, 3.63) is 18.1 Å². The second-order valence-electron chi connectivity index (χ2n) is 4.88. The number of nitrogens with two attached hydrogens (primary N) is 1. The predicted molar refractivity (Wildman–Crippen MR) is 72.5 cm³/mol. The summed E-state index contributed by atoms with van der Waals surface area (Å²) in [6, 6.07) is 0.264. The summed E-state index contributed by atoms with van der Waals surface area (Å²) in [5, 5.41) is 0. The highest BCUT2D eigenvalue weighted by Gasteiger charge is 2.25.